The van der Waals surface area contributed by atoms with Crippen LogP contribution in [0.2, 0.25) is 5.02 Å². The van der Waals surface area contributed by atoms with Crippen LogP contribution >= 0.6 is 34.7 Å². The minimum Gasteiger partial charge on any atom is -0.420 e. The molecule has 0 fully saturated rings. The summed E-state index contributed by atoms with van der Waals surface area (Å²) in [5.41, 5.74) is 1.84. The summed E-state index contributed by atoms with van der Waals surface area (Å²) in [6.07, 6.45) is 1.98. The number of aromatic nitrogens is 4. The highest BCUT2D eigenvalue weighted by Gasteiger charge is 2.17. The molecule has 0 amide bonds. The highest BCUT2D eigenvalue weighted by molar-refractivity contribution is 7.98. The summed E-state index contributed by atoms with van der Waals surface area (Å²) in [5, 5.41) is 10.1. The Morgan fingerprint density at radius 1 is 1.27 bits per heavy atom. The molecule has 0 radical (unpaired) electrons. The Hall–Kier alpha value is -2.16. The lowest BCUT2D eigenvalue weighted by Crippen LogP contribution is -2.11. The Morgan fingerprint density at radius 2 is 2.03 bits per heavy atom. The van der Waals surface area contributed by atoms with Crippen LogP contribution in [-0.4, -0.2) is 20.2 Å². The van der Waals surface area contributed by atoms with Crippen LogP contribution in [0, 0.1) is 12.8 Å². The zero-order valence-corrected chi connectivity index (χ0v) is 19.2. The molecule has 1 N–H and O–H groups in total. The van der Waals surface area contributed by atoms with Gasteiger partial charge in [0, 0.05) is 15.5 Å². The zero-order chi connectivity index (χ0) is 21.3. The molecule has 0 saturated carbocycles. The molecule has 1 unspecified atom stereocenters. The van der Waals surface area contributed by atoms with Crippen molar-refractivity contribution in [3.8, 4) is 11.5 Å². The van der Waals surface area contributed by atoms with Crippen molar-refractivity contribution >= 4 is 44.9 Å². The van der Waals surface area contributed by atoms with Gasteiger partial charge in [-0.1, -0.05) is 43.6 Å². The second-order valence-corrected chi connectivity index (χ2v) is 9.81. The van der Waals surface area contributed by atoms with Crippen LogP contribution < -0.4 is 5.56 Å². The van der Waals surface area contributed by atoms with Crippen LogP contribution in [0.1, 0.15) is 36.6 Å². The molecule has 4 rings (SSSR count). The van der Waals surface area contributed by atoms with E-state index < -0.39 is 0 Å². The lowest BCUT2D eigenvalue weighted by molar-refractivity contribution is 0.528. The van der Waals surface area contributed by atoms with Crippen molar-refractivity contribution in [3.63, 3.8) is 0 Å². The van der Waals surface area contributed by atoms with E-state index in [1.807, 2.05) is 12.1 Å². The maximum Gasteiger partial charge on any atom is 0.260 e. The van der Waals surface area contributed by atoms with E-state index in [-0.39, 0.29) is 5.56 Å². The fourth-order valence-electron chi connectivity index (χ4n) is 3.11. The van der Waals surface area contributed by atoms with E-state index in [0.717, 1.165) is 39.1 Å². The average molecular weight is 461 g/mol. The number of hydrogen-bond acceptors (Lipinski definition) is 7. The number of hydrogen-bond donors (Lipinski definition) is 1. The van der Waals surface area contributed by atoms with Gasteiger partial charge in [0.1, 0.15) is 4.83 Å². The number of rotatable bonds is 7. The van der Waals surface area contributed by atoms with Gasteiger partial charge in [0.25, 0.3) is 5.56 Å². The topological polar surface area (TPSA) is 84.7 Å². The van der Waals surface area contributed by atoms with Gasteiger partial charge in [-0.3, -0.25) is 4.79 Å². The number of benzene rings is 1. The lowest BCUT2D eigenvalue weighted by atomic mass is 9.98. The highest BCUT2D eigenvalue weighted by atomic mass is 35.5. The normalized spacial score (nSPS) is 12.5. The largest absolute Gasteiger partial charge is 0.420 e. The Kier molecular flexibility index (Phi) is 6.26. The molecule has 0 aliphatic rings. The van der Waals surface area contributed by atoms with Crippen molar-refractivity contribution in [3.05, 3.63) is 56.0 Å². The summed E-state index contributed by atoms with van der Waals surface area (Å²) >= 11 is 8.86. The molecular formula is C21H21ClN4O2S2. The van der Waals surface area contributed by atoms with Gasteiger partial charge in [-0.05, 0) is 49.1 Å². The summed E-state index contributed by atoms with van der Waals surface area (Å²) in [5.74, 6) is 1.84. The van der Waals surface area contributed by atoms with E-state index >= 15 is 0 Å². The number of fused-ring (bicyclic) bond motifs is 1. The van der Waals surface area contributed by atoms with E-state index in [1.165, 1.54) is 11.8 Å². The molecule has 3 aromatic heterocycles. The molecule has 30 heavy (non-hydrogen) atoms. The predicted molar refractivity (Wildman–Crippen MR) is 122 cm³/mol. The van der Waals surface area contributed by atoms with Gasteiger partial charge in [0.05, 0.1) is 11.1 Å². The van der Waals surface area contributed by atoms with Crippen LogP contribution in [0.5, 0.6) is 0 Å². The van der Waals surface area contributed by atoms with Gasteiger partial charge in [-0.2, -0.15) is 0 Å². The van der Waals surface area contributed by atoms with Gasteiger partial charge in [0.2, 0.25) is 11.8 Å². The lowest BCUT2D eigenvalue weighted by Gasteiger charge is -2.08. The first kappa shape index (κ1) is 21.1. The van der Waals surface area contributed by atoms with E-state index in [9.17, 15) is 4.79 Å². The monoisotopic (exact) mass is 460 g/mol. The van der Waals surface area contributed by atoms with Crippen LogP contribution in [0.3, 0.4) is 0 Å². The fourth-order valence-corrected chi connectivity index (χ4v) is 5.05. The Bertz CT molecular complexity index is 1230. The van der Waals surface area contributed by atoms with Crippen LogP contribution in [0.15, 0.2) is 38.6 Å². The second kappa shape index (κ2) is 8.91. The number of thioether (sulfide) groups is 1. The molecule has 9 heteroatoms. The van der Waals surface area contributed by atoms with Gasteiger partial charge in [-0.25, -0.2) is 4.98 Å². The number of thiophene rings is 1. The summed E-state index contributed by atoms with van der Waals surface area (Å²) in [6, 6.07) is 7.21. The van der Waals surface area contributed by atoms with Crippen LogP contribution in [-0.2, 0) is 12.2 Å². The van der Waals surface area contributed by atoms with Gasteiger partial charge in [0.15, 0.2) is 5.16 Å². The fraction of sp³-hybridized carbons (Fsp3) is 0.333. The van der Waals surface area contributed by atoms with Crippen molar-refractivity contribution in [1.82, 2.24) is 20.2 Å². The maximum absolute atomic E-state index is 12.8. The molecule has 6 nitrogen and oxygen atoms in total. The van der Waals surface area contributed by atoms with Crippen LogP contribution in [0.4, 0.5) is 0 Å². The molecule has 3 heterocycles. The van der Waals surface area contributed by atoms with Crippen molar-refractivity contribution in [2.24, 2.45) is 5.92 Å². The molecule has 1 aromatic carbocycles. The minimum atomic E-state index is -0.0856. The number of H-pyrrole nitrogens is 1. The smallest absolute Gasteiger partial charge is 0.260 e. The molecule has 156 valence electrons. The molecule has 0 aliphatic heterocycles. The van der Waals surface area contributed by atoms with Gasteiger partial charge < -0.3 is 9.40 Å². The Balaban J connectivity index is 1.52. The van der Waals surface area contributed by atoms with E-state index in [1.54, 1.807) is 23.5 Å². The molecule has 0 bridgehead atoms. The van der Waals surface area contributed by atoms with Crippen molar-refractivity contribution in [2.45, 2.75) is 44.5 Å². The quantitative estimate of drug-likeness (QED) is 0.274. The maximum atomic E-state index is 12.8. The first-order chi connectivity index (χ1) is 14.4. The number of nitrogens with one attached hydrogen (secondary N) is 1. The first-order valence-electron chi connectivity index (χ1n) is 9.68. The molecule has 4 aromatic rings. The van der Waals surface area contributed by atoms with Crippen LogP contribution in [0.25, 0.3) is 21.7 Å². The molecule has 0 spiro atoms. The van der Waals surface area contributed by atoms with Gasteiger partial charge >= 0.3 is 0 Å². The number of nitrogens with zero attached hydrogens (tertiary/aromatic N) is 3. The molecule has 0 aliphatic carbocycles. The first-order valence-corrected chi connectivity index (χ1v) is 11.9. The summed E-state index contributed by atoms with van der Waals surface area (Å²) in [4.78, 5) is 22.3. The highest BCUT2D eigenvalue weighted by Crippen LogP contribution is 2.31. The average Bonchev–Trinajstić information content (AvgIpc) is 3.32. The second-order valence-electron chi connectivity index (χ2n) is 7.20. The van der Waals surface area contributed by atoms with Crippen molar-refractivity contribution < 1.29 is 4.42 Å². The third kappa shape index (κ3) is 4.45. The predicted octanol–water partition coefficient (Wildman–Crippen LogP) is 5.88. The number of halogens is 1. The summed E-state index contributed by atoms with van der Waals surface area (Å²) in [7, 11) is 0. The third-order valence-electron chi connectivity index (χ3n) is 4.98. The van der Waals surface area contributed by atoms with E-state index in [4.69, 9.17) is 16.0 Å². The SMILES string of the molecule is CCC(C)Cc1c(C)sc2nc(SCc3nnc(-c4ccc(Cl)cc4)o3)[nH]c(=O)c12. The molecule has 0 saturated heterocycles. The standard InChI is InChI=1S/C21H21ClN4O2S2/c1-4-11(2)9-15-12(3)30-20-17(15)18(27)23-21(24-20)29-10-16-25-26-19(28-16)13-5-7-14(22)8-6-13/h5-8,11H,4,9-10H2,1-3H3,(H,23,24,27). The summed E-state index contributed by atoms with van der Waals surface area (Å²) in [6.45, 7) is 6.44. The molecule has 1 atom stereocenters. The Labute approximate surface area is 187 Å². The third-order valence-corrected chi connectivity index (χ3v) is 7.13. The minimum absolute atomic E-state index is 0.0856. The number of aromatic amines is 1. The van der Waals surface area contributed by atoms with Gasteiger partial charge in [-0.15, -0.1) is 21.5 Å². The van der Waals surface area contributed by atoms with E-state index in [2.05, 4.69) is 40.9 Å². The van der Waals surface area contributed by atoms with E-state index in [0.29, 0.717) is 33.6 Å². The number of aryl methyl sites for hydroxylation is 1. The molecular weight excluding hydrogens is 440 g/mol. The van der Waals surface area contributed by atoms with Crippen molar-refractivity contribution in [2.75, 3.05) is 0 Å². The Morgan fingerprint density at radius 3 is 2.77 bits per heavy atom. The zero-order valence-electron chi connectivity index (χ0n) is 16.9. The summed E-state index contributed by atoms with van der Waals surface area (Å²) < 4.78 is 5.73. The van der Waals surface area contributed by atoms with Crippen molar-refractivity contribution in [1.29, 1.82) is 0 Å².